The fourth-order valence-electron chi connectivity index (χ4n) is 3.26. The Morgan fingerprint density at radius 2 is 1.97 bits per heavy atom. The number of rotatable bonds is 7. The fraction of sp³-hybridized carbons (Fsp3) is 0.167. The third-order valence-electron chi connectivity index (χ3n) is 4.96. The zero-order chi connectivity index (χ0) is 23.5. The van der Waals surface area contributed by atoms with Gasteiger partial charge in [0.2, 0.25) is 0 Å². The SMILES string of the molecule is Cc1nn(Cc2cccc(NC(=O)c3ccc(COc4ccc(F)cc4F)o3)c2)c(C)c1Br. The van der Waals surface area contributed by atoms with Crippen molar-refractivity contribution in [3.63, 3.8) is 0 Å². The molecule has 1 amide bonds. The lowest BCUT2D eigenvalue weighted by Crippen LogP contribution is -2.11. The zero-order valence-electron chi connectivity index (χ0n) is 17.9. The van der Waals surface area contributed by atoms with E-state index >= 15 is 0 Å². The van der Waals surface area contributed by atoms with Crippen LogP contribution < -0.4 is 10.1 Å². The summed E-state index contributed by atoms with van der Waals surface area (Å²) in [5.74, 6) is -1.63. The molecule has 2 aromatic carbocycles. The number of nitrogens with zero attached hydrogens (tertiary/aromatic N) is 2. The highest BCUT2D eigenvalue weighted by atomic mass is 79.9. The first-order valence-corrected chi connectivity index (χ1v) is 10.9. The summed E-state index contributed by atoms with van der Waals surface area (Å²) >= 11 is 3.53. The second-order valence-electron chi connectivity index (χ2n) is 7.43. The zero-order valence-corrected chi connectivity index (χ0v) is 19.4. The molecule has 1 N–H and O–H groups in total. The number of aromatic nitrogens is 2. The third kappa shape index (κ3) is 5.31. The number of halogens is 3. The summed E-state index contributed by atoms with van der Waals surface area (Å²) in [4.78, 5) is 12.6. The monoisotopic (exact) mass is 515 g/mol. The lowest BCUT2D eigenvalue weighted by atomic mass is 10.2. The summed E-state index contributed by atoms with van der Waals surface area (Å²) in [5.41, 5.74) is 3.52. The molecule has 33 heavy (non-hydrogen) atoms. The van der Waals surface area contributed by atoms with Gasteiger partial charge in [-0.05, 0) is 71.7 Å². The average molecular weight is 516 g/mol. The minimum atomic E-state index is -0.813. The molecule has 0 fully saturated rings. The van der Waals surface area contributed by atoms with Crippen molar-refractivity contribution in [3.8, 4) is 5.75 Å². The number of hydrogen-bond acceptors (Lipinski definition) is 4. The maximum Gasteiger partial charge on any atom is 0.291 e. The topological polar surface area (TPSA) is 69.3 Å². The van der Waals surface area contributed by atoms with Crippen molar-refractivity contribution in [2.24, 2.45) is 0 Å². The van der Waals surface area contributed by atoms with Crippen LogP contribution in [-0.4, -0.2) is 15.7 Å². The van der Waals surface area contributed by atoms with Crippen molar-refractivity contribution in [1.29, 1.82) is 0 Å². The van der Waals surface area contributed by atoms with Crippen molar-refractivity contribution < 1.29 is 22.7 Å². The van der Waals surface area contributed by atoms with Gasteiger partial charge >= 0.3 is 0 Å². The lowest BCUT2D eigenvalue weighted by molar-refractivity contribution is 0.0992. The molecule has 6 nitrogen and oxygen atoms in total. The molecule has 0 bridgehead atoms. The van der Waals surface area contributed by atoms with E-state index in [-0.39, 0.29) is 18.1 Å². The number of carbonyl (C=O) groups is 1. The Hall–Kier alpha value is -3.46. The van der Waals surface area contributed by atoms with Crippen LogP contribution in [0, 0.1) is 25.5 Å². The van der Waals surface area contributed by atoms with Crippen LogP contribution in [0.25, 0.3) is 0 Å². The Kier molecular flexibility index (Phi) is 6.60. The minimum absolute atomic E-state index is 0.0843. The highest BCUT2D eigenvalue weighted by Gasteiger charge is 2.14. The number of ether oxygens (including phenoxy) is 1. The Labute approximate surface area is 197 Å². The van der Waals surface area contributed by atoms with E-state index in [9.17, 15) is 13.6 Å². The number of hydrogen-bond donors (Lipinski definition) is 1. The number of aryl methyl sites for hydroxylation is 1. The van der Waals surface area contributed by atoms with Crippen LogP contribution in [0.1, 0.15) is 33.3 Å². The summed E-state index contributed by atoms with van der Waals surface area (Å²) in [6, 6.07) is 13.6. The molecule has 0 atom stereocenters. The molecule has 0 aliphatic heterocycles. The van der Waals surface area contributed by atoms with E-state index in [4.69, 9.17) is 9.15 Å². The first-order chi connectivity index (χ1) is 15.8. The van der Waals surface area contributed by atoms with Gasteiger partial charge in [-0.25, -0.2) is 8.78 Å². The van der Waals surface area contributed by atoms with Crippen LogP contribution in [0.5, 0.6) is 5.75 Å². The molecule has 0 aliphatic rings. The largest absolute Gasteiger partial charge is 0.483 e. The van der Waals surface area contributed by atoms with E-state index in [2.05, 4.69) is 26.3 Å². The number of carbonyl (C=O) groups excluding carboxylic acids is 1. The smallest absolute Gasteiger partial charge is 0.291 e. The molecular weight excluding hydrogens is 496 g/mol. The molecule has 170 valence electrons. The van der Waals surface area contributed by atoms with Crippen LogP contribution in [0.3, 0.4) is 0 Å². The molecule has 9 heteroatoms. The van der Waals surface area contributed by atoms with Gasteiger partial charge in [-0.15, -0.1) is 0 Å². The standard InChI is InChI=1S/C24H20BrF2N3O3/c1-14-23(25)15(2)30(29-14)12-16-4-3-5-18(10-16)28-24(31)22-9-7-19(33-22)13-32-21-8-6-17(26)11-20(21)27/h3-11H,12-13H2,1-2H3,(H,28,31). The highest BCUT2D eigenvalue weighted by Crippen LogP contribution is 2.22. The van der Waals surface area contributed by atoms with Crippen molar-refractivity contribution in [2.45, 2.75) is 27.0 Å². The molecule has 0 saturated carbocycles. The first kappa shape index (κ1) is 22.7. The summed E-state index contributed by atoms with van der Waals surface area (Å²) in [6.07, 6.45) is 0. The van der Waals surface area contributed by atoms with E-state index < -0.39 is 17.5 Å². The van der Waals surface area contributed by atoms with Crippen LogP contribution in [0.15, 0.2) is 63.5 Å². The van der Waals surface area contributed by atoms with Gasteiger partial charge in [0.25, 0.3) is 5.91 Å². The third-order valence-corrected chi connectivity index (χ3v) is 6.11. The van der Waals surface area contributed by atoms with Crippen LogP contribution in [0.2, 0.25) is 0 Å². The summed E-state index contributed by atoms with van der Waals surface area (Å²) in [7, 11) is 0. The maximum absolute atomic E-state index is 13.7. The van der Waals surface area contributed by atoms with Crippen molar-refractivity contribution >= 4 is 27.5 Å². The average Bonchev–Trinajstić information content (AvgIpc) is 3.34. The Morgan fingerprint density at radius 3 is 2.70 bits per heavy atom. The predicted molar refractivity (Wildman–Crippen MR) is 122 cm³/mol. The first-order valence-electron chi connectivity index (χ1n) is 10.1. The predicted octanol–water partition coefficient (Wildman–Crippen LogP) is 6.01. The van der Waals surface area contributed by atoms with E-state index in [0.717, 1.165) is 33.6 Å². The van der Waals surface area contributed by atoms with Gasteiger partial charge in [0.1, 0.15) is 18.2 Å². The number of amides is 1. The Morgan fingerprint density at radius 1 is 1.15 bits per heavy atom. The van der Waals surface area contributed by atoms with Gasteiger partial charge in [0.15, 0.2) is 17.3 Å². The summed E-state index contributed by atoms with van der Waals surface area (Å²) in [6.45, 7) is 4.37. The van der Waals surface area contributed by atoms with E-state index in [0.29, 0.717) is 18.0 Å². The second kappa shape index (κ2) is 9.58. The van der Waals surface area contributed by atoms with Crippen molar-refractivity contribution in [1.82, 2.24) is 9.78 Å². The van der Waals surface area contributed by atoms with Crippen LogP contribution in [0.4, 0.5) is 14.5 Å². The number of anilines is 1. The van der Waals surface area contributed by atoms with Gasteiger partial charge in [-0.2, -0.15) is 5.10 Å². The molecule has 0 spiro atoms. The number of nitrogens with one attached hydrogen (secondary N) is 1. The molecule has 4 rings (SSSR count). The number of furan rings is 1. The Bertz CT molecular complexity index is 1320. The van der Waals surface area contributed by atoms with Gasteiger partial charge < -0.3 is 14.5 Å². The molecule has 0 saturated heterocycles. The van der Waals surface area contributed by atoms with Gasteiger partial charge in [0, 0.05) is 11.8 Å². The van der Waals surface area contributed by atoms with E-state index in [1.54, 1.807) is 12.1 Å². The van der Waals surface area contributed by atoms with Crippen LogP contribution >= 0.6 is 15.9 Å². The molecule has 4 aromatic rings. The molecule has 2 heterocycles. The molecule has 0 unspecified atom stereocenters. The lowest BCUT2D eigenvalue weighted by Gasteiger charge is -2.08. The quantitative estimate of drug-likeness (QED) is 0.327. The molecular formula is C24H20BrF2N3O3. The highest BCUT2D eigenvalue weighted by molar-refractivity contribution is 9.10. The molecule has 0 radical (unpaired) electrons. The van der Waals surface area contributed by atoms with Gasteiger partial charge in [0.05, 0.1) is 22.4 Å². The van der Waals surface area contributed by atoms with Gasteiger partial charge in [-0.3, -0.25) is 9.48 Å². The Balaban J connectivity index is 1.39. The number of benzene rings is 2. The summed E-state index contributed by atoms with van der Waals surface area (Å²) in [5, 5.41) is 7.31. The van der Waals surface area contributed by atoms with Crippen molar-refractivity contribution in [3.05, 3.63) is 99.2 Å². The second-order valence-corrected chi connectivity index (χ2v) is 8.22. The summed E-state index contributed by atoms with van der Waals surface area (Å²) < 4.78 is 40.3. The van der Waals surface area contributed by atoms with E-state index in [1.807, 2.05) is 36.7 Å². The molecule has 0 aliphatic carbocycles. The normalized spacial score (nSPS) is 10.9. The van der Waals surface area contributed by atoms with Gasteiger partial charge in [-0.1, -0.05) is 12.1 Å². The maximum atomic E-state index is 13.7. The molecule has 2 aromatic heterocycles. The van der Waals surface area contributed by atoms with Crippen molar-refractivity contribution in [2.75, 3.05) is 5.32 Å². The fourth-order valence-corrected chi connectivity index (χ4v) is 3.54. The van der Waals surface area contributed by atoms with Crippen LogP contribution in [-0.2, 0) is 13.2 Å². The van der Waals surface area contributed by atoms with E-state index in [1.165, 1.54) is 12.1 Å². The minimum Gasteiger partial charge on any atom is -0.483 e.